The van der Waals surface area contributed by atoms with Gasteiger partial charge in [0.25, 0.3) is 0 Å². The molecule has 2 aliphatic rings. The third kappa shape index (κ3) is 1.24. The lowest BCUT2D eigenvalue weighted by Crippen LogP contribution is -2.43. The summed E-state index contributed by atoms with van der Waals surface area (Å²) in [5.74, 6) is 1.68. The van der Waals surface area contributed by atoms with E-state index in [4.69, 9.17) is 0 Å². The minimum Gasteiger partial charge on any atom is -0.370 e. The van der Waals surface area contributed by atoms with Gasteiger partial charge in [-0.2, -0.15) is 0 Å². The van der Waals surface area contributed by atoms with Gasteiger partial charge < -0.3 is 10.2 Å². The van der Waals surface area contributed by atoms with Gasteiger partial charge in [0.1, 0.15) is 5.84 Å². The van der Waals surface area contributed by atoms with Crippen molar-refractivity contribution < 1.29 is 0 Å². The number of hydrogen-bond donors (Lipinski definition) is 1. The average Bonchev–Trinajstić information content (AvgIpc) is 2.89. The summed E-state index contributed by atoms with van der Waals surface area (Å²) in [4.78, 5) is 6.91. The van der Waals surface area contributed by atoms with Crippen LogP contribution < -0.4 is 10.2 Å². The molecule has 84 valence electrons. The fraction of sp³-hybridized carbons (Fsp3) is 0.462. The average molecular weight is 215 g/mol. The zero-order valence-electron chi connectivity index (χ0n) is 9.77. The van der Waals surface area contributed by atoms with Gasteiger partial charge in [0.15, 0.2) is 0 Å². The Labute approximate surface area is 96.2 Å². The Balaban J connectivity index is 2.00. The number of rotatable bonds is 1. The molecule has 1 aromatic carbocycles. The van der Waals surface area contributed by atoms with Crippen molar-refractivity contribution in [1.82, 2.24) is 5.32 Å². The zero-order chi connectivity index (χ0) is 11.1. The molecule has 2 atom stereocenters. The van der Waals surface area contributed by atoms with Gasteiger partial charge in [0.05, 0.1) is 12.6 Å². The van der Waals surface area contributed by atoms with Crippen LogP contribution in [0.25, 0.3) is 0 Å². The molecular weight excluding hydrogens is 198 g/mol. The highest BCUT2D eigenvalue weighted by Gasteiger charge is 2.37. The summed E-state index contributed by atoms with van der Waals surface area (Å²) in [6.45, 7) is 4.20. The molecule has 2 aliphatic heterocycles. The van der Waals surface area contributed by atoms with Crippen LogP contribution in [-0.2, 0) is 0 Å². The predicted molar refractivity (Wildman–Crippen MR) is 67.4 cm³/mol. The van der Waals surface area contributed by atoms with E-state index in [2.05, 4.69) is 53.4 Å². The highest BCUT2D eigenvalue weighted by Crippen LogP contribution is 2.39. The second kappa shape index (κ2) is 3.51. The number of hydrogen-bond acceptors (Lipinski definition) is 3. The van der Waals surface area contributed by atoms with Crippen molar-refractivity contribution in [2.24, 2.45) is 4.99 Å². The monoisotopic (exact) mass is 215 g/mol. The molecule has 0 aliphatic carbocycles. The minimum absolute atomic E-state index is 0.389. The molecule has 2 unspecified atom stereocenters. The number of likely N-dealkylation sites (N-methyl/N-ethyl adjacent to an activating group) is 1. The number of aliphatic imine (C=N–C) groups is 1. The lowest BCUT2D eigenvalue weighted by Gasteiger charge is -2.25. The Morgan fingerprint density at radius 2 is 2.19 bits per heavy atom. The Kier molecular flexibility index (Phi) is 2.13. The number of nitrogens with one attached hydrogen (secondary N) is 1. The van der Waals surface area contributed by atoms with Gasteiger partial charge in [-0.15, -0.1) is 0 Å². The Morgan fingerprint density at radius 1 is 1.38 bits per heavy atom. The molecule has 3 rings (SSSR count). The SMILES string of the molecule is CC1c2ccccc2N(C)C1C1=NCCN1. The van der Waals surface area contributed by atoms with Crippen molar-refractivity contribution >= 4 is 11.5 Å². The lowest BCUT2D eigenvalue weighted by atomic mass is 9.96. The van der Waals surface area contributed by atoms with Gasteiger partial charge in [-0.25, -0.2) is 0 Å². The summed E-state index contributed by atoms with van der Waals surface area (Å²) in [5.41, 5.74) is 2.78. The molecule has 16 heavy (non-hydrogen) atoms. The predicted octanol–water partition coefficient (Wildman–Crippen LogP) is 1.61. The van der Waals surface area contributed by atoms with Gasteiger partial charge in [0, 0.05) is 25.2 Å². The van der Waals surface area contributed by atoms with Gasteiger partial charge in [-0.3, -0.25) is 4.99 Å². The van der Waals surface area contributed by atoms with E-state index in [1.165, 1.54) is 11.3 Å². The molecule has 0 saturated carbocycles. The van der Waals surface area contributed by atoms with Gasteiger partial charge in [-0.1, -0.05) is 25.1 Å². The Morgan fingerprint density at radius 3 is 2.88 bits per heavy atom. The molecule has 0 bridgehead atoms. The molecule has 0 saturated heterocycles. The van der Waals surface area contributed by atoms with Gasteiger partial charge >= 0.3 is 0 Å². The smallest absolute Gasteiger partial charge is 0.120 e. The number of amidine groups is 1. The fourth-order valence-corrected chi connectivity index (χ4v) is 2.88. The van der Waals surface area contributed by atoms with Crippen LogP contribution in [-0.4, -0.2) is 32.0 Å². The summed E-state index contributed by atoms with van der Waals surface area (Å²) in [6, 6.07) is 9.04. The van der Waals surface area contributed by atoms with Crippen molar-refractivity contribution in [3.63, 3.8) is 0 Å². The second-order valence-electron chi connectivity index (χ2n) is 4.60. The quantitative estimate of drug-likeness (QED) is 0.770. The molecular formula is C13H17N3. The van der Waals surface area contributed by atoms with Gasteiger partial charge in [0.2, 0.25) is 0 Å². The molecule has 0 spiro atoms. The van der Waals surface area contributed by atoms with E-state index in [9.17, 15) is 0 Å². The van der Waals surface area contributed by atoms with E-state index < -0.39 is 0 Å². The van der Waals surface area contributed by atoms with Crippen LogP contribution in [0.4, 0.5) is 5.69 Å². The van der Waals surface area contributed by atoms with Crippen LogP contribution in [0.15, 0.2) is 29.3 Å². The molecule has 1 N–H and O–H groups in total. The topological polar surface area (TPSA) is 27.6 Å². The van der Waals surface area contributed by atoms with Crippen LogP contribution in [0.5, 0.6) is 0 Å². The normalized spacial score (nSPS) is 27.6. The van der Waals surface area contributed by atoms with E-state index in [0.29, 0.717) is 12.0 Å². The lowest BCUT2D eigenvalue weighted by molar-refractivity contribution is 0.695. The molecule has 3 heteroatoms. The van der Waals surface area contributed by atoms with E-state index in [1.807, 2.05) is 0 Å². The van der Waals surface area contributed by atoms with Crippen LogP contribution in [0.1, 0.15) is 18.4 Å². The second-order valence-corrected chi connectivity index (χ2v) is 4.60. The molecule has 1 aromatic rings. The molecule has 0 aromatic heterocycles. The zero-order valence-corrected chi connectivity index (χ0v) is 9.77. The van der Waals surface area contributed by atoms with Crippen molar-refractivity contribution in [3.05, 3.63) is 29.8 Å². The van der Waals surface area contributed by atoms with Crippen molar-refractivity contribution in [1.29, 1.82) is 0 Å². The number of para-hydroxylation sites is 1. The van der Waals surface area contributed by atoms with Crippen LogP contribution in [0.3, 0.4) is 0 Å². The van der Waals surface area contributed by atoms with Gasteiger partial charge in [-0.05, 0) is 11.6 Å². The van der Waals surface area contributed by atoms with Crippen molar-refractivity contribution in [3.8, 4) is 0 Å². The standard InChI is InChI=1S/C13H17N3/c1-9-10-5-3-4-6-11(10)16(2)12(9)13-14-7-8-15-13/h3-6,9,12H,7-8H2,1-2H3,(H,14,15). The molecule has 3 nitrogen and oxygen atoms in total. The minimum atomic E-state index is 0.389. The molecule has 0 fully saturated rings. The third-order valence-electron chi connectivity index (χ3n) is 3.68. The molecule has 0 amide bonds. The van der Waals surface area contributed by atoms with E-state index in [-0.39, 0.29) is 0 Å². The molecule has 0 radical (unpaired) electrons. The maximum atomic E-state index is 4.57. The number of anilines is 1. The maximum absolute atomic E-state index is 4.57. The highest BCUT2D eigenvalue weighted by atomic mass is 15.2. The number of benzene rings is 1. The molecule has 2 heterocycles. The fourth-order valence-electron chi connectivity index (χ4n) is 2.88. The van der Waals surface area contributed by atoms with Crippen LogP contribution >= 0.6 is 0 Å². The number of fused-ring (bicyclic) bond motifs is 1. The summed E-state index contributed by atoms with van der Waals surface area (Å²) >= 11 is 0. The van der Waals surface area contributed by atoms with Crippen molar-refractivity contribution in [2.75, 3.05) is 25.0 Å². The largest absolute Gasteiger partial charge is 0.370 e. The van der Waals surface area contributed by atoms with E-state index in [1.54, 1.807) is 0 Å². The summed E-state index contributed by atoms with van der Waals surface area (Å²) in [5, 5.41) is 3.40. The summed E-state index contributed by atoms with van der Waals surface area (Å²) in [7, 11) is 2.16. The first kappa shape index (κ1) is 9.70. The third-order valence-corrected chi connectivity index (χ3v) is 3.68. The summed E-state index contributed by atoms with van der Waals surface area (Å²) in [6.07, 6.45) is 0. The van der Waals surface area contributed by atoms with E-state index >= 15 is 0 Å². The van der Waals surface area contributed by atoms with Crippen LogP contribution in [0, 0.1) is 0 Å². The van der Waals surface area contributed by atoms with Crippen molar-refractivity contribution in [2.45, 2.75) is 18.9 Å². The van der Waals surface area contributed by atoms with Crippen LogP contribution in [0.2, 0.25) is 0 Å². The Hall–Kier alpha value is -1.51. The highest BCUT2D eigenvalue weighted by molar-refractivity contribution is 5.94. The van der Waals surface area contributed by atoms with E-state index in [0.717, 1.165) is 18.9 Å². The summed E-state index contributed by atoms with van der Waals surface area (Å²) < 4.78 is 0. The first-order valence-corrected chi connectivity index (χ1v) is 5.89. The Bertz CT molecular complexity index is 410. The maximum Gasteiger partial charge on any atom is 0.120 e. The first-order chi connectivity index (χ1) is 7.79. The first-order valence-electron chi connectivity index (χ1n) is 5.89. The number of nitrogens with zero attached hydrogens (tertiary/aromatic N) is 2.